The second-order valence-electron chi connectivity index (χ2n) is 8.62. The first-order valence-corrected chi connectivity index (χ1v) is 13.4. The maximum absolute atomic E-state index is 13.9. The van der Waals surface area contributed by atoms with Gasteiger partial charge in [-0.2, -0.15) is 13.1 Å². The second kappa shape index (κ2) is 9.33. The molecule has 0 radical (unpaired) electrons. The first-order valence-electron chi connectivity index (χ1n) is 11.2. The molecule has 0 aliphatic carbocycles. The topological polar surface area (TPSA) is 96.0 Å². The van der Waals surface area contributed by atoms with Gasteiger partial charge in [0, 0.05) is 24.2 Å². The Morgan fingerprint density at radius 1 is 0.943 bits per heavy atom. The van der Waals surface area contributed by atoms with Crippen molar-refractivity contribution in [2.24, 2.45) is 0 Å². The zero-order chi connectivity index (χ0) is 24.6. The largest absolute Gasteiger partial charge is 0.322 e. The average Bonchev–Trinajstić information content (AvgIpc) is 3.32. The van der Waals surface area contributed by atoms with Crippen LogP contribution in [0, 0.1) is 13.8 Å². The number of aromatic nitrogens is 3. The van der Waals surface area contributed by atoms with Crippen molar-refractivity contribution in [1.29, 1.82) is 0 Å². The number of hydrogen-bond acceptors (Lipinski definition) is 6. The number of fused-ring (bicyclic) bond motifs is 2. The molecule has 178 valence electrons. The van der Waals surface area contributed by atoms with E-state index in [9.17, 15) is 13.2 Å². The molecule has 7 nitrogen and oxygen atoms in total. The molecule has 1 N–H and O–H groups in total. The molecule has 0 saturated carbocycles. The third kappa shape index (κ3) is 4.62. The maximum atomic E-state index is 13.9. The van der Waals surface area contributed by atoms with E-state index >= 15 is 0 Å². The molecule has 0 spiro atoms. The van der Waals surface area contributed by atoms with Gasteiger partial charge in [0.25, 0.3) is 5.56 Å². The average molecular weight is 505 g/mol. The molecule has 35 heavy (non-hydrogen) atoms. The Kier molecular flexibility index (Phi) is 6.22. The van der Waals surface area contributed by atoms with E-state index < -0.39 is 10.0 Å². The number of rotatable bonds is 7. The molecule has 0 aliphatic rings. The van der Waals surface area contributed by atoms with Crippen molar-refractivity contribution >= 4 is 43.7 Å². The van der Waals surface area contributed by atoms with E-state index in [1.807, 2.05) is 56.3 Å². The molecule has 0 aliphatic heterocycles. The number of hydrogen-bond donors (Lipinski definition) is 1. The van der Waals surface area contributed by atoms with Crippen LogP contribution in [0.15, 0.2) is 76.4 Å². The Balaban J connectivity index is 1.58. The van der Waals surface area contributed by atoms with Crippen LogP contribution >= 0.6 is 11.7 Å². The summed E-state index contributed by atoms with van der Waals surface area (Å²) >= 11 is 0.978. The van der Waals surface area contributed by atoms with E-state index in [0.717, 1.165) is 39.3 Å². The number of nitrogens with zero attached hydrogens (tertiary/aromatic N) is 3. The number of aryl methyl sites for hydroxylation is 2. The van der Waals surface area contributed by atoms with Gasteiger partial charge in [-0.1, -0.05) is 42.0 Å². The smallest absolute Gasteiger partial charge is 0.252 e. The van der Waals surface area contributed by atoms with Gasteiger partial charge in [0.2, 0.25) is 10.0 Å². The Hall–Kier alpha value is -3.40. The van der Waals surface area contributed by atoms with Crippen molar-refractivity contribution in [2.45, 2.75) is 31.7 Å². The van der Waals surface area contributed by atoms with Gasteiger partial charge in [0.05, 0.1) is 11.7 Å². The Morgan fingerprint density at radius 2 is 1.77 bits per heavy atom. The van der Waals surface area contributed by atoms with Gasteiger partial charge < -0.3 is 4.98 Å². The van der Waals surface area contributed by atoms with Crippen LogP contribution < -0.4 is 5.56 Å². The fourth-order valence-corrected chi connectivity index (χ4v) is 6.40. The molecule has 0 saturated heterocycles. The number of nitrogens with one attached hydrogen (secondary N) is 1. The molecule has 0 atom stereocenters. The standard InChI is InChI=1S/C26H24N4O3S2/c1-17-10-11-22-20(14-17)15-21(26(31)27-22)16-30(13-12-19-7-4-3-6-18(19)2)35(32,33)24-9-5-8-23-25(24)29-34-28-23/h3-11,14-15H,12-13,16H2,1-2H3,(H,27,31). The molecular weight excluding hydrogens is 480 g/mol. The highest BCUT2D eigenvalue weighted by Crippen LogP contribution is 2.26. The third-order valence-electron chi connectivity index (χ3n) is 6.18. The van der Waals surface area contributed by atoms with Gasteiger partial charge in [0.1, 0.15) is 15.9 Å². The van der Waals surface area contributed by atoms with Gasteiger partial charge in [-0.15, -0.1) is 0 Å². The minimum Gasteiger partial charge on any atom is -0.322 e. The lowest BCUT2D eigenvalue weighted by atomic mass is 10.1. The molecule has 3 aromatic carbocycles. The van der Waals surface area contributed by atoms with Crippen molar-refractivity contribution in [2.75, 3.05) is 6.54 Å². The van der Waals surface area contributed by atoms with E-state index in [-0.39, 0.29) is 23.5 Å². The summed E-state index contributed by atoms with van der Waals surface area (Å²) in [4.78, 5) is 15.9. The van der Waals surface area contributed by atoms with Crippen LogP contribution in [0.4, 0.5) is 0 Å². The summed E-state index contributed by atoms with van der Waals surface area (Å²) in [6.07, 6.45) is 0.516. The van der Waals surface area contributed by atoms with Crippen LogP contribution in [0.2, 0.25) is 0 Å². The summed E-state index contributed by atoms with van der Waals surface area (Å²) in [7, 11) is -3.97. The number of pyridine rings is 1. The summed E-state index contributed by atoms with van der Waals surface area (Å²) in [6, 6.07) is 20.4. The maximum Gasteiger partial charge on any atom is 0.252 e. The predicted octanol–water partition coefficient (Wildman–Crippen LogP) is 4.58. The van der Waals surface area contributed by atoms with E-state index in [1.54, 1.807) is 24.3 Å². The minimum absolute atomic E-state index is 0.0542. The fourth-order valence-electron chi connectivity index (χ4n) is 4.23. The number of sulfonamides is 1. The summed E-state index contributed by atoms with van der Waals surface area (Å²) in [5.74, 6) is 0. The number of aromatic amines is 1. The summed E-state index contributed by atoms with van der Waals surface area (Å²) in [5.41, 5.74) is 4.90. The fraction of sp³-hybridized carbons (Fsp3) is 0.192. The van der Waals surface area contributed by atoms with Gasteiger partial charge in [-0.3, -0.25) is 4.79 Å². The van der Waals surface area contributed by atoms with Crippen LogP contribution in [0.1, 0.15) is 22.3 Å². The van der Waals surface area contributed by atoms with Gasteiger partial charge >= 0.3 is 0 Å². The summed E-state index contributed by atoms with van der Waals surface area (Å²) < 4.78 is 37.7. The number of H-pyrrole nitrogens is 1. The molecule has 0 fully saturated rings. The molecule has 2 aromatic heterocycles. The van der Waals surface area contributed by atoms with E-state index in [1.165, 1.54) is 4.31 Å². The molecule has 0 bridgehead atoms. The number of benzene rings is 3. The second-order valence-corrected chi connectivity index (χ2v) is 11.1. The van der Waals surface area contributed by atoms with Crippen molar-refractivity contribution in [3.63, 3.8) is 0 Å². The van der Waals surface area contributed by atoms with Crippen LogP contribution in [0.25, 0.3) is 21.9 Å². The lowest BCUT2D eigenvalue weighted by Crippen LogP contribution is -2.34. The zero-order valence-electron chi connectivity index (χ0n) is 19.4. The SMILES string of the molecule is Cc1ccc2[nH]c(=O)c(CN(CCc3ccccc3C)S(=O)(=O)c3cccc4nsnc34)cc2c1. The lowest BCUT2D eigenvalue weighted by Gasteiger charge is -2.23. The molecule has 5 rings (SSSR count). The van der Waals surface area contributed by atoms with Gasteiger partial charge in [-0.25, -0.2) is 8.42 Å². The Bertz CT molecular complexity index is 1710. The van der Waals surface area contributed by atoms with Crippen LogP contribution in [-0.4, -0.2) is 33.0 Å². The quantitative estimate of drug-likeness (QED) is 0.350. The van der Waals surface area contributed by atoms with Crippen LogP contribution in [-0.2, 0) is 23.0 Å². The molecular formula is C26H24N4O3S2. The van der Waals surface area contributed by atoms with Gasteiger partial charge in [-0.05, 0) is 67.1 Å². The highest BCUT2D eigenvalue weighted by molar-refractivity contribution is 7.89. The summed E-state index contributed by atoms with van der Waals surface area (Å²) in [5, 5.41) is 0.863. The molecule has 0 unspecified atom stereocenters. The van der Waals surface area contributed by atoms with Gasteiger partial charge in [0.15, 0.2) is 0 Å². The monoisotopic (exact) mass is 504 g/mol. The van der Waals surface area contributed by atoms with Crippen molar-refractivity contribution in [1.82, 2.24) is 18.0 Å². The first-order chi connectivity index (χ1) is 16.8. The minimum atomic E-state index is -3.97. The zero-order valence-corrected chi connectivity index (χ0v) is 21.0. The van der Waals surface area contributed by atoms with Crippen LogP contribution in [0.3, 0.4) is 0 Å². The van der Waals surface area contributed by atoms with E-state index in [4.69, 9.17) is 0 Å². The molecule has 9 heteroatoms. The van der Waals surface area contributed by atoms with Crippen LogP contribution in [0.5, 0.6) is 0 Å². The summed E-state index contributed by atoms with van der Waals surface area (Å²) in [6.45, 7) is 4.14. The van der Waals surface area contributed by atoms with Crippen molar-refractivity contribution in [3.8, 4) is 0 Å². The van der Waals surface area contributed by atoms with E-state index in [2.05, 4.69) is 13.7 Å². The molecule has 0 amide bonds. The highest BCUT2D eigenvalue weighted by atomic mass is 32.2. The Morgan fingerprint density at radius 3 is 2.60 bits per heavy atom. The molecule has 5 aromatic rings. The first kappa shape index (κ1) is 23.3. The third-order valence-corrected chi connectivity index (χ3v) is 8.60. The Labute approximate surface area is 207 Å². The normalized spacial score (nSPS) is 12.1. The van der Waals surface area contributed by atoms with Crippen molar-refractivity contribution in [3.05, 3.63) is 99.3 Å². The van der Waals surface area contributed by atoms with E-state index in [0.29, 0.717) is 23.0 Å². The predicted molar refractivity (Wildman–Crippen MR) is 139 cm³/mol. The lowest BCUT2D eigenvalue weighted by molar-refractivity contribution is 0.408. The highest BCUT2D eigenvalue weighted by Gasteiger charge is 2.28. The van der Waals surface area contributed by atoms with Crippen molar-refractivity contribution < 1.29 is 8.42 Å². The molecule has 2 heterocycles.